The zero-order chi connectivity index (χ0) is 14.0. The van der Waals surface area contributed by atoms with Crippen LogP contribution < -0.4 is 0 Å². The quantitative estimate of drug-likeness (QED) is 0.778. The number of rotatable bonds is 2. The van der Waals surface area contributed by atoms with E-state index >= 15 is 0 Å². The van der Waals surface area contributed by atoms with Gasteiger partial charge in [0.05, 0.1) is 25.2 Å². The number of piperidine rings is 1. The van der Waals surface area contributed by atoms with Crippen LogP contribution in [0.2, 0.25) is 0 Å². The minimum Gasteiger partial charge on any atom is -0.444 e. The summed E-state index contributed by atoms with van der Waals surface area (Å²) in [6.07, 6.45) is -1.79. The minimum absolute atomic E-state index is 0.157. The number of carbonyl (C=O) groups excluding carboxylic acids is 1. The second-order valence-corrected chi connectivity index (χ2v) is 5.82. The van der Waals surface area contributed by atoms with Gasteiger partial charge in [-0.15, -0.1) is 0 Å². The SMILES string of the molecule is CC(C)(C)OC(=O)N1CCC(CO)(CO)C(F)C1. The van der Waals surface area contributed by atoms with Crippen LogP contribution in [0.5, 0.6) is 0 Å². The molecule has 0 radical (unpaired) electrons. The molecule has 0 saturated carbocycles. The highest BCUT2D eigenvalue weighted by Gasteiger charge is 2.44. The van der Waals surface area contributed by atoms with Gasteiger partial charge in [-0.3, -0.25) is 0 Å². The van der Waals surface area contributed by atoms with Gasteiger partial charge in [-0.1, -0.05) is 0 Å². The summed E-state index contributed by atoms with van der Waals surface area (Å²) in [5, 5.41) is 18.4. The van der Waals surface area contributed by atoms with E-state index in [0.29, 0.717) is 0 Å². The first-order valence-corrected chi connectivity index (χ1v) is 6.08. The van der Waals surface area contributed by atoms with Crippen LogP contribution in [0.15, 0.2) is 0 Å². The van der Waals surface area contributed by atoms with Crippen molar-refractivity contribution in [2.45, 2.75) is 39.0 Å². The molecule has 1 aliphatic heterocycles. The molecule has 2 N–H and O–H groups in total. The average Bonchev–Trinajstić information content (AvgIpc) is 2.27. The summed E-state index contributed by atoms with van der Waals surface area (Å²) in [6, 6.07) is 0. The lowest BCUT2D eigenvalue weighted by Gasteiger charge is -2.42. The average molecular weight is 263 g/mol. The smallest absolute Gasteiger partial charge is 0.410 e. The van der Waals surface area contributed by atoms with Crippen molar-refractivity contribution in [3.8, 4) is 0 Å². The molecule has 0 bridgehead atoms. The number of nitrogens with zero attached hydrogens (tertiary/aromatic N) is 1. The Kier molecular flexibility index (Phi) is 4.55. The van der Waals surface area contributed by atoms with Crippen molar-refractivity contribution < 1.29 is 24.1 Å². The van der Waals surface area contributed by atoms with Crippen LogP contribution in [0.1, 0.15) is 27.2 Å². The highest BCUT2D eigenvalue weighted by Crippen LogP contribution is 2.33. The third kappa shape index (κ3) is 3.32. The van der Waals surface area contributed by atoms with E-state index in [2.05, 4.69) is 0 Å². The fourth-order valence-corrected chi connectivity index (χ4v) is 1.89. The van der Waals surface area contributed by atoms with E-state index in [4.69, 9.17) is 4.74 Å². The molecule has 1 saturated heterocycles. The lowest BCUT2D eigenvalue weighted by molar-refractivity contribution is -0.0670. The fraction of sp³-hybridized carbons (Fsp3) is 0.917. The van der Waals surface area contributed by atoms with Crippen molar-refractivity contribution in [3.63, 3.8) is 0 Å². The van der Waals surface area contributed by atoms with E-state index in [1.54, 1.807) is 20.8 Å². The molecule has 0 spiro atoms. The Morgan fingerprint density at radius 1 is 1.44 bits per heavy atom. The van der Waals surface area contributed by atoms with Crippen molar-refractivity contribution in [1.29, 1.82) is 0 Å². The minimum atomic E-state index is -1.45. The normalized spacial score (nSPS) is 23.9. The summed E-state index contributed by atoms with van der Waals surface area (Å²) in [5.74, 6) is 0. The standard InChI is InChI=1S/C12H22FNO4/c1-11(2,3)18-10(17)14-5-4-12(7-15,8-16)9(13)6-14/h9,15-16H,4-8H2,1-3H3. The van der Waals surface area contributed by atoms with Crippen LogP contribution in [0, 0.1) is 5.41 Å². The zero-order valence-corrected chi connectivity index (χ0v) is 11.1. The van der Waals surface area contributed by atoms with Gasteiger partial charge in [0.2, 0.25) is 0 Å². The number of likely N-dealkylation sites (tertiary alicyclic amines) is 1. The number of alkyl halides is 1. The maximum Gasteiger partial charge on any atom is 0.410 e. The number of hydrogen-bond acceptors (Lipinski definition) is 4. The summed E-state index contributed by atoms with van der Waals surface area (Å²) in [7, 11) is 0. The molecular formula is C12H22FNO4. The van der Waals surface area contributed by atoms with Gasteiger partial charge in [0.15, 0.2) is 0 Å². The summed E-state index contributed by atoms with van der Waals surface area (Å²) < 4.78 is 19.1. The second kappa shape index (κ2) is 5.40. The molecule has 18 heavy (non-hydrogen) atoms. The van der Waals surface area contributed by atoms with Gasteiger partial charge in [-0.2, -0.15) is 0 Å². The summed E-state index contributed by atoms with van der Waals surface area (Å²) in [4.78, 5) is 13.0. The Balaban J connectivity index is 2.63. The highest BCUT2D eigenvalue weighted by atomic mass is 19.1. The largest absolute Gasteiger partial charge is 0.444 e. The molecule has 106 valence electrons. The molecule has 1 amide bonds. The summed E-state index contributed by atoms with van der Waals surface area (Å²) in [6.45, 7) is 4.50. The molecule has 0 aromatic carbocycles. The molecule has 0 aromatic heterocycles. The fourth-order valence-electron chi connectivity index (χ4n) is 1.89. The van der Waals surface area contributed by atoms with Crippen molar-refractivity contribution in [2.75, 3.05) is 26.3 Å². The van der Waals surface area contributed by atoms with E-state index in [1.807, 2.05) is 0 Å². The Hall–Kier alpha value is -0.880. The first kappa shape index (κ1) is 15.2. The Morgan fingerprint density at radius 3 is 2.39 bits per heavy atom. The van der Waals surface area contributed by atoms with Crippen molar-refractivity contribution in [2.24, 2.45) is 5.41 Å². The topological polar surface area (TPSA) is 70.0 Å². The Morgan fingerprint density at radius 2 is 2.00 bits per heavy atom. The van der Waals surface area contributed by atoms with Gasteiger partial charge in [0.25, 0.3) is 0 Å². The molecule has 1 heterocycles. The Bertz CT molecular complexity index is 299. The van der Waals surface area contributed by atoms with Crippen molar-refractivity contribution in [3.05, 3.63) is 0 Å². The first-order valence-electron chi connectivity index (χ1n) is 6.08. The van der Waals surface area contributed by atoms with Crippen LogP contribution in [-0.4, -0.2) is 59.3 Å². The molecule has 1 fully saturated rings. The number of aliphatic hydroxyl groups excluding tert-OH is 2. The van der Waals surface area contributed by atoms with E-state index in [0.717, 1.165) is 0 Å². The third-order valence-corrected chi connectivity index (χ3v) is 3.21. The van der Waals surface area contributed by atoms with E-state index < -0.39 is 36.5 Å². The predicted octanol–water partition coefficient (Wildman–Crippen LogP) is 0.936. The predicted molar refractivity (Wildman–Crippen MR) is 63.9 cm³/mol. The monoisotopic (exact) mass is 263 g/mol. The van der Waals surface area contributed by atoms with Gasteiger partial charge < -0.3 is 19.8 Å². The molecule has 1 aliphatic rings. The van der Waals surface area contributed by atoms with Crippen LogP contribution in [0.25, 0.3) is 0 Å². The molecule has 0 aliphatic carbocycles. The molecule has 1 unspecified atom stereocenters. The maximum atomic E-state index is 14.0. The molecule has 1 atom stereocenters. The second-order valence-electron chi connectivity index (χ2n) is 5.82. The lowest BCUT2D eigenvalue weighted by Crippen LogP contribution is -2.54. The maximum absolute atomic E-state index is 14.0. The van der Waals surface area contributed by atoms with Gasteiger partial charge in [-0.25, -0.2) is 9.18 Å². The van der Waals surface area contributed by atoms with Gasteiger partial charge in [0.1, 0.15) is 11.8 Å². The Labute approximate surface area is 107 Å². The van der Waals surface area contributed by atoms with Gasteiger partial charge in [-0.05, 0) is 27.2 Å². The molecule has 5 nitrogen and oxygen atoms in total. The number of aliphatic hydroxyl groups is 2. The summed E-state index contributed by atoms with van der Waals surface area (Å²) >= 11 is 0. The third-order valence-electron chi connectivity index (χ3n) is 3.21. The van der Waals surface area contributed by atoms with Crippen molar-refractivity contribution in [1.82, 2.24) is 4.90 Å². The number of carbonyl (C=O) groups is 1. The molecular weight excluding hydrogens is 241 g/mol. The summed E-state index contributed by atoms with van der Waals surface area (Å²) in [5.41, 5.74) is -1.76. The highest BCUT2D eigenvalue weighted by molar-refractivity contribution is 5.68. The molecule has 1 rings (SSSR count). The zero-order valence-electron chi connectivity index (χ0n) is 11.1. The van der Waals surface area contributed by atoms with Gasteiger partial charge >= 0.3 is 6.09 Å². The van der Waals surface area contributed by atoms with E-state index in [1.165, 1.54) is 4.90 Å². The molecule has 0 aromatic rings. The lowest BCUT2D eigenvalue weighted by atomic mass is 9.78. The number of amides is 1. The van der Waals surface area contributed by atoms with Gasteiger partial charge in [0, 0.05) is 6.54 Å². The van der Waals surface area contributed by atoms with Crippen molar-refractivity contribution >= 4 is 6.09 Å². The number of hydrogen-bond donors (Lipinski definition) is 2. The van der Waals surface area contributed by atoms with E-state index in [9.17, 15) is 19.4 Å². The van der Waals surface area contributed by atoms with Crippen LogP contribution in [-0.2, 0) is 4.74 Å². The van der Waals surface area contributed by atoms with E-state index in [-0.39, 0.29) is 19.5 Å². The first-order chi connectivity index (χ1) is 8.24. The number of halogens is 1. The number of ether oxygens (including phenoxy) is 1. The van der Waals surface area contributed by atoms with Crippen LogP contribution >= 0.6 is 0 Å². The van der Waals surface area contributed by atoms with Crippen LogP contribution in [0.3, 0.4) is 0 Å². The molecule has 6 heteroatoms. The van der Waals surface area contributed by atoms with Crippen LogP contribution in [0.4, 0.5) is 9.18 Å².